The van der Waals surface area contributed by atoms with E-state index in [2.05, 4.69) is 21.6 Å². The summed E-state index contributed by atoms with van der Waals surface area (Å²) in [6, 6.07) is 17.7. The smallest absolute Gasteiger partial charge is 0.253 e. The molecule has 0 N–H and O–H groups in total. The zero-order chi connectivity index (χ0) is 23.7. The highest BCUT2D eigenvalue weighted by atomic mass is 32.2. The molecule has 3 heterocycles. The van der Waals surface area contributed by atoms with Crippen molar-refractivity contribution < 1.29 is 9.21 Å². The summed E-state index contributed by atoms with van der Waals surface area (Å²) in [7, 11) is 0. The number of hydrogen-bond donors (Lipinski definition) is 0. The SMILES string of the molecule is Cc1ccc(C2=NN(C(=O)CSc3nnnn3-c3ccc(C)cc3C)[C@H](c3ccco3)C2)cc1. The van der Waals surface area contributed by atoms with Crippen LogP contribution in [0.5, 0.6) is 0 Å². The van der Waals surface area contributed by atoms with Gasteiger partial charge in [-0.1, -0.05) is 59.3 Å². The van der Waals surface area contributed by atoms with Crippen LogP contribution in [-0.4, -0.2) is 42.6 Å². The summed E-state index contributed by atoms with van der Waals surface area (Å²) in [5, 5.41) is 18.9. The Morgan fingerprint density at radius 3 is 2.62 bits per heavy atom. The van der Waals surface area contributed by atoms with Crippen molar-refractivity contribution in [2.45, 2.75) is 38.4 Å². The zero-order valence-electron chi connectivity index (χ0n) is 19.2. The van der Waals surface area contributed by atoms with Crippen LogP contribution in [-0.2, 0) is 4.79 Å². The normalized spacial score (nSPS) is 15.6. The monoisotopic (exact) mass is 472 g/mol. The number of thioether (sulfide) groups is 1. The molecule has 5 rings (SSSR count). The van der Waals surface area contributed by atoms with Crippen molar-refractivity contribution in [3.8, 4) is 5.69 Å². The van der Waals surface area contributed by atoms with Crippen molar-refractivity contribution in [3.63, 3.8) is 0 Å². The van der Waals surface area contributed by atoms with Crippen molar-refractivity contribution in [2.24, 2.45) is 5.10 Å². The highest BCUT2D eigenvalue weighted by Crippen LogP contribution is 2.34. The van der Waals surface area contributed by atoms with Gasteiger partial charge >= 0.3 is 0 Å². The van der Waals surface area contributed by atoms with Crippen LogP contribution in [0.1, 0.15) is 40.5 Å². The number of aromatic nitrogens is 4. The third kappa shape index (κ3) is 4.38. The summed E-state index contributed by atoms with van der Waals surface area (Å²) in [6.07, 6.45) is 2.21. The molecule has 0 saturated carbocycles. The minimum absolute atomic E-state index is 0.135. The predicted octanol–water partition coefficient (Wildman–Crippen LogP) is 4.65. The number of carbonyl (C=O) groups excluding carboxylic acids is 1. The number of rotatable bonds is 6. The summed E-state index contributed by atoms with van der Waals surface area (Å²) >= 11 is 1.29. The summed E-state index contributed by atoms with van der Waals surface area (Å²) in [5.41, 5.74) is 6.16. The van der Waals surface area contributed by atoms with Gasteiger partial charge < -0.3 is 4.42 Å². The van der Waals surface area contributed by atoms with E-state index in [9.17, 15) is 4.79 Å². The van der Waals surface area contributed by atoms with Gasteiger partial charge in [-0.25, -0.2) is 5.01 Å². The molecule has 4 aromatic rings. The fourth-order valence-electron chi connectivity index (χ4n) is 4.02. The maximum absolute atomic E-state index is 13.3. The lowest BCUT2D eigenvalue weighted by Gasteiger charge is -2.19. The van der Waals surface area contributed by atoms with Crippen molar-refractivity contribution >= 4 is 23.4 Å². The number of hydrazone groups is 1. The van der Waals surface area contributed by atoms with Crippen LogP contribution in [0.3, 0.4) is 0 Å². The van der Waals surface area contributed by atoms with Gasteiger partial charge in [-0.05, 0) is 60.5 Å². The lowest BCUT2D eigenvalue weighted by Crippen LogP contribution is -2.28. The third-order valence-electron chi connectivity index (χ3n) is 5.77. The maximum Gasteiger partial charge on any atom is 0.253 e. The molecule has 1 atom stereocenters. The number of aryl methyl sites for hydroxylation is 3. The van der Waals surface area contributed by atoms with Gasteiger partial charge in [0.25, 0.3) is 5.91 Å². The minimum atomic E-state index is -0.283. The molecule has 0 unspecified atom stereocenters. The van der Waals surface area contributed by atoms with Gasteiger partial charge in [0.1, 0.15) is 11.8 Å². The van der Waals surface area contributed by atoms with Gasteiger partial charge in [0, 0.05) is 6.42 Å². The van der Waals surface area contributed by atoms with Crippen LogP contribution in [0, 0.1) is 20.8 Å². The number of hydrogen-bond acceptors (Lipinski definition) is 7. The second kappa shape index (κ2) is 9.26. The van der Waals surface area contributed by atoms with Crippen LogP contribution in [0.4, 0.5) is 0 Å². The Bertz CT molecular complexity index is 1340. The Balaban J connectivity index is 1.37. The Kier molecular flexibility index (Phi) is 6.02. The van der Waals surface area contributed by atoms with Crippen molar-refractivity contribution in [3.05, 3.63) is 88.9 Å². The molecular formula is C25H24N6O2S. The molecule has 0 spiro atoms. The summed E-state index contributed by atoms with van der Waals surface area (Å²) < 4.78 is 7.31. The largest absolute Gasteiger partial charge is 0.467 e. The number of furan rings is 1. The van der Waals surface area contributed by atoms with Gasteiger partial charge in [-0.3, -0.25) is 4.79 Å². The molecular weight excluding hydrogens is 448 g/mol. The molecule has 172 valence electrons. The van der Waals surface area contributed by atoms with E-state index in [1.54, 1.807) is 10.9 Å². The Morgan fingerprint density at radius 1 is 1.09 bits per heavy atom. The van der Waals surface area contributed by atoms with Gasteiger partial charge in [0.15, 0.2) is 0 Å². The second-order valence-corrected chi connectivity index (χ2v) is 9.28. The lowest BCUT2D eigenvalue weighted by molar-refractivity contribution is -0.130. The van der Waals surface area contributed by atoms with E-state index in [0.29, 0.717) is 17.3 Å². The molecule has 8 nitrogen and oxygen atoms in total. The van der Waals surface area contributed by atoms with E-state index in [1.165, 1.54) is 27.9 Å². The first-order valence-corrected chi connectivity index (χ1v) is 12.0. The van der Waals surface area contributed by atoms with E-state index in [-0.39, 0.29) is 17.7 Å². The molecule has 0 radical (unpaired) electrons. The number of tetrazole rings is 1. The van der Waals surface area contributed by atoms with Crippen LogP contribution < -0.4 is 0 Å². The van der Waals surface area contributed by atoms with Gasteiger partial charge in [-0.2, -0.15) is 9.78 Å². The first-order chi connectivity index (χ1) is 16.5. The molecule has 1 amide bonds. The van der Waals surface area contributed by atoms with Crippen molar-refractivity contribution in [1.29, 1.82) is 0 Å². The van der Waals surface area contributed by atoms with E-state index in [4.69, 9.17) is 9.52 Å². The molecule has 34 heavy (non-hydrogen) atoms. The summed E-state index contributed by atoms with van der Waals surface area (Å²) in [4.78, 5) is 13.3. The van der Waals surface area contributed by atoms with E-state index >= 15 is 0 Å². The molecule has 0 bridgehead atoms. The fourth-order valence-corrected chi connectivity index (χ4v) is 4.76. The average Bonchev–Trinajstić information content (AvgIpc) is 3.58. The Hall–Kier alpha value is -3.72. The first kappa shape index (κ1) is 22.1. The fraction of sp³-hybridized carbons (Fsp3) is 0.240. The van der Waals surface area contributed by atoms with Gasteiger partial charge in [0.2, 0.25) is 5.16 Å². The number of carbonyl (C=O) groups is 1. The van der Waals surface area contributed by atoms with Crippen molar-refractivity contribution in [2.75, 3.05) is 5.75 Å². The van der Waals surface area contributed by atoms with E-state index in [1.807, 2.05) is 69.3 Å². The first-order valence-electron chi connectivity index (χ1n) is 11.0. The second-order valence-electron chi connectivity index (χ2n) is 8.34. The molecule has 2 aromatic heterocycles. The zero-order valence-corrected chi connectivity index (χ0v) is 20.0. The minimum Gasteiger partial charge on any atom is -0.467 e. The van der Waals surface area contributed by atoms with Crippen LogP contribution in [0.15, 0.2) is 75.5 Å². The number of nitrogens with zero attached hydrogens (tertiary/aromatic N) is 6. The van der Waals surface area contributed by atoms with Gasteiger partial charge in [0.05, 0.1) is 23.4 Å². The maximum atomic E-state index is 13.3. The molecule has 0 saturated heterocycles. The highest BCUT2D eigenvalue weighted by Gasteiger charge is 2.35. The molecule has 1 aliphatic heterocycles. The van der Waals surface area contributed by atoms with Crippen LogP contribution in [0.25, 0.3) is 5.69 Å². The molecule has 0 aliphatic carbocycles. The highest BCUT2D eigenvalue weighted by molar-refractivity contribution is 7.99. The quantitative estimate of drug-likeness (QED) is 0.380. The lowest BCUT2D eigenvalue weighted by atomic mass is 10.0. The molecule has 0 fully saturated rings. The Labute approximate surface area is 201 Å². The van der Waals surface area contributed by atoms with E-state index in [0.717, 1.165) is 22.5 Å². The predicted molar refractivity (Wildman–Crippen MR) is 130 cm³/mol. The average molecular weight is 473 g/mol. The number of benzene rings is 2. The molecule has 9 heteroatoms. The molecule has 1 aliphatic rings. The third-order valence-corrected chi connectivity index (χ3v) is 6.67. The number of amides is 1. The van der Waals surface area contributed by atoms with E-state index < -0.39 is 0 Å². The summed E-state index contributed by atoms with van der Waals surface area (Å²) in [6.45, 7) is 6.11. The molecule has 2 aromatic carbocycles. The van der Waals surface area contributed by atoms with Crippen molar-refractivity contribution in [1.82, 2.24) is 25.2 Å². The van der Waals surface area contributed by atoms with Crippen LogP contribution in [0.2, 0.25) is 0 Å². The van der Waals surface area contributed by atoms with Crippen LogP contribution >= 0.6 is 11.8 Å². The summed E-state index contributed by atoms with van der Waals surface area (Å²) in [5.74, 6) is 0.723. The van der Waals surface area contributed by atoms with Gasteiger partial charge in [-0.15, -0.1) is 5.10 Å². The topological polar surface area (TPSA) is 89.4 Å². The Morgan fingerprint density at radius 2 is 1.88 bits per heavy atom. The standard InChI is InChI=1S/C25H24N6O2S/c1-16-6-9-19(10-7-16)20-14-22(23-5-4-12-33-23)30(27-20)24(32)15-34-25-26-28-29-31(25)21-11-8-17(2)13-18(21)3/h4-13,22H,14-15H2,1-3H3/t22-/m0/s1.